The fourth-order valence-corrected chi connectivity index (χ4v) is 3.12. The third-order valence-corrected chi connectivity index (χ3v) is 4.59. The highest BCUT2D eigenvalue weighted by Gasteiger charge is 2.15. The van der Waals surface area contributed by atoms with Crippen molar-refractivity contribution in [2.75, 3.05) is 20.3 Å². The van der Waals surface area contributed by atoms with Gasteiger partial charge in [0, 0.05) is 6.54 Å². The van der Waals surface area contributed by atoms with Gasteiger partial charge >= 0.3 is 0 Å². The molecule has 0 fully saturated rings. The molecule has 22 heavy (non-hydrogen) atoms. The molecule has 0 radical (unpaired) electrons. The summed E-state index contributed by atoms with van der Waals surface area (Å²) in [5.74, 6) is 1.11. The van der Waals surface area contributed by atoms with E-state index >= 15 is 0 Å². The lowest BCUT2D eigenvalue weighted by Gasteiger charge is -2.10. The maximum absolute atomic E-state index is 12.1. The summed E-state index contributed by atoms with van der Waals surface area (Å²) in [7, 11) is -2.17. The van der Waals surface area contributed by atoms with E-state index in [4.69, 9.17) is 21.1 Å². The van der Waals surface area contributed by atoms with E-state index in [1.807, 2.05) is 18.2 Å². The van der Waals surface area contributed by atoms with Gasteiger partial charge in [0.25, 0.3) is 0 Å². The largest absolute Gasteiger partial charge is 0.495 e. The van der Waals surface area contributed by atoms with Gasteiger partial charge in [0.15, 0.2) is 0 Å². The van der Waals surface area contributed by atoms with Crippen LogP contribution in [-0.2, 0) is 10.0 Å². The zero-order valence-electron chi connectivity index (χ0n) is 12.0. The Hall–Kier alpha value is -1.76. The Bertz CT molecular complexity index is 720. The molecule has 0 aliphatic heterocycles. The molecule has 0 saturated heterocycles. The van der Waals surface area contributed by atoms with Gasteiger partial charge in [-0.3, -0.25) is 0 Å². The van der Waals surface area contributed by atoms with Crippen LogP contribution in [0.3, 0.4) is 0 Å². The van der Waals surface area contributed by atoms with Gasteiger partial charge in [0.1, 0.15) is 18.1 Å². The Balaban J connectivity index is 1.92. The standard InChI is InChI=1S/C15H16ClNO4S/c1-20-15-8-7-13(11-14(15)16)22(18,19)17-9-10-21-12-5-3-2-4-6-12/h2-8,11,17H,9-10H2,1H3. The van der Waals surface area contributed by atoms with Crippen LogP contribution in [0.4, 0.5) is 0 Å². The van der Waals surface area contributed by atoms with Crippen molar-refractivity contribution in [2.45, 2.75) is 4.90 Å². The lowest BCUT2D eigenvalue weighted by molar-refractivity contribution is 0.323. The van der Waals surface area contributed by atoms with Crippen molar-refractivity contribution in [1.29, 1.82) is 0 Å². The van der Waals surface area contributed by atoms with Crippen molar-refractivity contribution >= 4 is 21.6 Å². The molecule has 1 N–H and O–H groups in total. The minimum Gasteiger partial charge on any atom is -0.495 e. The second-order valence-corrected chi connectivity index (χ2v) is 6.53. The number of nitrogens with one attached hydrogen (secondary N) is 1. The highest BCUT2D eigenvalue weighted by Crippen LogP contribution is 2.26. The summed E-state index contributed by atoms with van der Waals surface area (Å²) in [5, 5.41) is 0.242. The average Bonchev–Trinajstić information content (AvgIpc) is 2.52. The molecular formula is C15H16ClNO4S. The first-order chi connectivity index (χ1) is 10.5. The number of para-hydroxylation sites is 1. The fraction of sp³-hybridized carbons (Fsp3) is 0.200. The van der Waals surface area contributed by atoms with Crippen LogP contribution in [0, 0.1) is 0 Å². The highest BCUT2D eigenvalue weighted by atomic mass is 35.5. The third-order valence-electron chi connectivity index (χ3n) is 2.84. The zero-order chi connectivity index (χ0) is 16.0. The fourth-order valence-electron chi connectivity index (χ4n) is 1.76. The number of methoxy groups -OCH3 is 1. The monoisotopic (exact) mass is 341 g/mol. The minimum absolute atomic E-state index is 0.0815. The first-order valence-corrected chi connectivity index (χ1v) is 8.40. The van der Waals surface area contributed by atoms with Gasteiger partial charge in [0.2, 0.25) is 10.0 Å². The second kappa shape index (κ2) is 7.49. The van der Waals surface area contributed by atoms with E-state index in [0.717, 1.165) is 0 Å². The molecule has 0 saturated carbocycles. The Morgan fingerprint density at radius 1 is 1.14 bits per heavy atom. The summed E-state index contributed by atoms with van der Waals surface area (Å²) in [6.45, 7) is 0.383. The van der Waals surface area contributed by atoms with Crippen molar-refractivity contribution in [3.8, 4) is 11.5 Å². The number of halogens is 1. The van der Waals surface area contributed by atoms with E-state index in [1.54, 1.807) is 12.1 Å². The van der Waals surface area contributed by atoms with Crippen LogP contribution < -0.4 is 14.2 Å². The van der Waals surface area contributed by atoms with E-state index in [-0.39, 0.29) is 23.1 Å². The molecule has 0 aromatic heterocycles. The zero-order valence-corrected chi connectivity index (χ0v) is 13.5. The number of benzene rings is 2. The molecule has 2 aromatic carbocycles. The van der Waals surface area contributed by atoms with Gasteiger partial charge in [0.05, 0.1) is 17.0 Å². The SMILES string of the molecule is COc1ccc(S(=O)(=O)NCCOc2ccccc2)cc1Cl. The predicted octanol–water partition coefficient (Wildman–Crippen LogP) is 2.71. The second-order valence-electron chi connectivity index (χ2n) is 4.36. The smallest absolute Gasteiger partial charge is 0.240 e. The molecular weight excluding hydrogens is 326 g/mol. The quantitative estimate of drug-likeness (QED) is 0.786. The molecule has 0 aliphatic carbocycles. The minimum atomic E-state index is -3.63. The lowest BCUT2D eigenvalue weighted by Crippen LogP contribution is -2.28. The molecule has 0 unspecified atom stereocenters. The van der Waals surface area contributed by atoms with E-state index < -0.39 is 10.0 Å². The molecule has 2 aromatic rings. The number of ether oxygens (including phenoxy) is 2. The normalized spacial score (nSPS) is 11.2. The molecule has 0 bridgehead atoms. The number of sulfonamides is 1. The third kappa shape index (κ3) is 4.37. The topological polar surface area (TPSA) is 64.6 Å². The van der Waals surface area contributed by atoms with E-state index in [0.29, 0.717) is 11.5 Å². The number of hydrogen-bond acceptors (Lipinski definition) is 4. The maximum atomic E-state index is 12.1. The van der Waals surface area contributed by atoms with Crippen LogP contribution in [0.15, 0.2) is 53.4 Å². The van der Waals surface area contributed by atoms with Crippen LogP contribution in [0.25, 0.3) is 0 Å². The molecule has 7 heteroatoms. The number of hydrogen-bond donors (Lipinski definition) is 1. The molecule has 2 rings (SSSR count). The molecule has 0 amide bonds. The summed E-state index contributed by atoms with van der Waals surface area (Å²) in [4.78, 5) is 0.0815. The molecule has 0 atom stereocenters. The van der Waals surface area contributed by atoms with Crippen molar-refractivity contribution in [3.05, 3.63) is 53.6 Å². The van der Waals surface area contributed by atoms with Crippen LogP contribution >= 0.6 is 11.6 Å². The summed E-state index contributed by atoms with van der Waals surface area (Å²) in [6, 6.07) is 13.5. The average molecular weight is 342 g/mol. The summed E-state index contributed by atoms with van der Waals surface area (Å²) < 4.78 is 37.1. The van der Waals surface area contributed by atoms with Gasteiger partial charge in [-0.05, 0) is 30.3 Å². The molecule has 5 nitrogen and oxygen atoms in total. The summed E-state index contributed by atoms with van der Waals surface area (Å²) in [6.07, 6.45) is 0. The van der Waals surface area contributed by atoms with Crippen molar-refractivity contribution in [3.63, 3.8) is 0 Å². The Labute approximate surface area is 134 Å². The number of rotatable bonds is 7. The van der Waals surface area contributed by atoms with Crippen molar-refractivity contribution < 1.29 is 17.9 Å². The summed E-state index contributed by atoms with van der Waals surface area (Å²) >= 11 is 5.94. The molecule has 118 valence electrons. The van der Waals surface area contributed by atoms with Crippen LogP contribution in [0.5, 0.6) is 11.5 Å². The molecule has 0 spiro atoms. The van der Waals surface area contributed by atoms with E-state index in [9.17, 15) is 8.42 Å². The van der Waals surface area contributed by atoms with Gasteiger partial charge in [-0.15, -0.1) is 0 Å². The van der Waals surface area contributed by atoms with Gasteiger partial charge in [-0.2, -0.15) is 0 Å². The van der Waals surface area contributed by atoms with Crippen LogP contribution in [0.2, 0.25) is 5.02 Å². The van der Waals surface area contributed by atoms with Gasteiger partial charge in [-0.1, -0.05) is 29.8 Å². The predicted molar refractivity (Wildman–Crippen MR) is 85.1 cm³/mol. The highest BCUT2D eigenvalue weighted by molar-refractivity contribution is 7.89. The van der Waals surface area contributed by atoms with Crippen LogP contribution in [-0.4, -0.2) is 28.7 Å². The van der Waals surface area contributed by atoms with Gasteiger partial charge < -0.3 is 9.47 Å². The van der Waals surface area contributed by atoms with Crippen molar-refractivity contribution in [1.82, 2.24) is 4.72 Å². The van der Waals surface area contributed by atoms with Crippen LogP contribution in [0.1, 0.15) is 0 Å². The van der Waals surface area contributed by atoms with Crippen molar-refractivity contribution in [2.24, 2.45) is 0 Å². The maximum Gasteiger partial charge on any atom is 0.240 e. The lowest BCUT2D eigenvalue weighted by atomic mass is 10.3. The first-order valence-electron chi connectivity index (χ1n) is 6.54. The Kier molecular flexibility index (Phi) is 5.65. The summed E-state index contributed by atoms with van der Waals surface area (Å²) in [5.41, 5.74) is 0. The Morgan fingerprint density at radius 2 is 1.86 bits per heavy atom. The van der Waals surface area contributed by atoms with E-state index in [2.05, 4.69) is 4.72 Å². The molecule has 0 heterocycles. The Morgan fingerprint density at radius 3 is 2.50 bits per heavy atom. The van der Waals surface area contributed by atoms with Gasteiger partial charge in [-0.25, -0.2) is 13.1 Å². The van der Waals surface area contributed by atoms with E-state index in [1.165, 1.54) is 25.3 Å². The first kappa shape index (κ1) is 16.6. The molecule has 0 aliphatic rings.